The van der Waals surface area contributed by atoms with E-state index in [-0.39, 0.29) is 16.8 Å². The van der Waals surface area contributed by atoms with Crippen molar-refractivity contribution < 1.29 is 9.18 Å². The predicted octanol–water partition coefficient (Wildman–Crippen LogP) is 3.70. The molecule has 0 aliphatic rings. The van der Waals surface area contributed by atoms with Crippen molar-refractivity contribution in [3.8, 4) is 11.1 Å². The zero-order chi connectivity index (χ0) is 27.6. The first-order valence-electron chi connectivity index (χ1n) is 12.1. The third-order valence-corrected chi connectivity index (χ3v) is 5.84. The Morgan fingerprint density at radius 3 is 2.58 bits per heavy atom. The van der Waals surface area contributed by atoms with Crippen molar-refractivity contribution in [2.45, 2.75) is 26.3 Å². The average Bonchev–Trinajstić information content (AvgIpc) is 3.32. The van der Waals surface area contributed by atoms with Crippen LogP contribution in [0.25, 0.3) is 22.2 Å². The zero-order valence-corrected chi connectivity index (χ0v) is 22.3. The van der Waals surface area contributed by atoms with E-state index in [1.54, 1.807) is 30.2 Å². The molecular weight excluding hydrogens is 489 g/mol. The molecule has 0 atom stereocenters. The molecule has 1 aromatic carbocycles. The number of fused-ring (bicyclic) bond motifs is 1. The summed E-state index contributed by atoms with van der Waals surface area (Å²) in [4.78, 5) is 36.6. The molecule has 38 heavy (non-hydrogen) atoms. The summed E-state index contributed by atoms with van der Waals surface area (Å²) in [7, 11) is 5.57. The summed E-state index contributed by atoms with van der Waals surface area (Å²) < 4.78 is 17.7. The molecule has 0 aliphatic carbocycles. The molecule has 2 amide bonds. The third-order valence-electron chi connectivity index (χ3n) is 5.84. The molecule has 12 heteroatoms. The lowest BCUT2D eigenvalue weighted by Gasteiger charge is -2.18. The van der Waals surface area contributed by atoms with Gasteiger partial charge in [-0.05, 0) is 58.6 Å². The molecule has 0 aliphatic heterocycles. The van der Waals surface area contributed by atoms with Gasteiger partial charge >= 0.3 is 6.03 Å². The van der Waals surface area contributed by atoms with Gasteiger partial charge in [0, 0.05) is 43.5 Å². The minimum atomic E-state index is -0.636. The van der Waals surface area contributed by atoms with Crippen LogP contribution in [0.4, 0.5) is 26.5 Å². The standard InChI is InChI=1S/C26H32FN9O2/c1-26(2,3)36-15-18(14-30-36)31-25(38)32-21-12-16(7-8-20(21)27)19-11-17-13-29-24(28-9-10-34(4)5)33-22(17)35(6)23(19)37/h7-8,11-15H,9-10H2,1-6H3,(H,28,29,33)(H2,31,32,38). The minimum Gasteiger partial charge on any atom is -0.353 e. The number of rotatable bonds is 7. The number of benzene rings is 1. The number of nitrogens with zero attached hydrogens (tertiary/aromatic N) is 6. The Hall–Kier alpha value is -4.32. The third kappa shape index (κ3) is 5.97. The highest BCUT2D eigenvalue weighted by molar-refractivity contribution is 6.00. The molecule has 200 valence electrons. The Bertz CT molecular complexity index is 1540. The summed E-state index contributed by atoms with van der Waals surface area (Å²) >= 11 is 0. The van der Waals surface area contributed by atoms with Crippen LogP contribution in [-0.2, 0) is 12.6 Å². The first kappa shape index (κ1) is 26.7. The number of hydrogen-bond acceptors (Lipinski definition) is 7. The molecule has 3 aromatic heterocycles. The molecular formula is C26H32FN9O2. The van der Waals surface area contributed by atoms with Crippen LogP contribution in [0.2, 0.25) is 0 Å². The van der Waals surface area contributed by atoms with E-state index in [0.29, 0.717) is 40.3 Å². The van der Waals surface area contributed by atoms with E-state index in [1.165, 1.54) is 29.0 Å². The van der Waals surface area contributed by atoms with Gasteiger partial charge in [0.25, 0.3) is 5.56 Å². The number of aromatic nitrogens is 5. The van der Waals surface area contributed by atoms with Gasteiger partial charge in [-0.25, -0.2) is 14.2 Å². The van der Waals surface area contributed by atoms with E-state index in [2.05, 4.69) is 31.0 Å². The van der Waals surface area contributed by atoms with Gasteiger partial charge in [-0.3, -0.25) is 14.0 Å². The number of urea groups is 1. The zero-order valence-electron chi connectivity index (χ0n) is 22.3. The Morgan fingerprint density at radius 1 is 1.13 bits per heavy atom. The summed E-state index contributed by atoms with van der Waals surface area (Å²) in [6.07, 6.45) is 4.84. The number of anilines is 3. The van der Waals surface area contributed by atoms with E-state index < -0.39 is 11.8 Å². The van der Waals surface area contributed by atoms with Crippen LogP contribution in [-0.4, -0.2) is 62.4 Å². The fraction of sp³-hybridized carbons (Fsp3) is 0.346. The van der Waals surface area contributed by atoms with Crippen LogP contribution in [0.1, 0.15) is 20.8 Å². The number of amides is 2. The topological polar surface area (TPSA) is 122 Å². The maximum absolute atomic E-state index is 14.6. The Morgan fingerprint density at radius 2 is 1.89 bits per heavy atom. The van der Waals surface area contributed by atoms with Crippen molar-refractivity contribution in [2.75, 3.05) is 43.1 Å². The highest BCUT2D eigenvalue weighted by Gasteiger charge is 2.17. The molecule has 0 fully saturated rings. The molecule has 11 nitrogen and oxygen atoms in total. The predicted molar refractivity (Wildman–Crippen MR) is 147 cm³/mol. The molecule has 0 radical (unpaired) electrons. The SMILES string of the molecule is CN(C)CCNc1ncc2cc(-c3ccc(F)c(NC(=O)Nc4cnn(C(C)(C)C)c4)c3)c(=O)n(C)c2n1. The molecule has 3 heterocycles. The van der Waals surface area contributed by atoms with Gasteiger partial charge in [0.05, 0.1) is 23.1 Å². The van der Waals surface area contributed by atoms with Gasteiger partial charge in [0.15, 0.2) is 0 Å². The van der Waals surface area contributed by atoms with E-state index in [0.717, 1.165) is 6.54 Å². The number of pyridine rings is 1. The van der Waals surface area contributed by atoms with Gasteiger partial charge < -0.3 is 20.9 Å². The molecule has 4 rings (SSSR count). The van der Waals surface area contributed by atoms with E-state index in [1.807, 2.05) is 39.8 Å². The Labute approximate surface area is 219 Å². The quantitative estimate of drug-likeness (QED) is 0.339. The van der Waals surface area contributed by atoms with Crippen LogP contribution in [0, 0.1) is 5.82 Å². The van der Waals surface area contributed by atoms with Crippen LogP contribution in [0.5, 0.6) is 0 Å². The van der Waals surface area contributed by atoms with Crippen molar-refractivity contribution in [2.24, 2.45) is 7.05 Å². The normalized spacial score (nSPS) is 11.7. The highest BCUT2D eigenvalue weighted by Crippen LogP contribution is 2.25. The number of halogens is 1. The molecule has 0 saturated heterocycles. The van der Waals surface area contributed by atoms with Crippen LogP contribution >= 0.6 is 0 Å². The fourth-order valence-electron chi connectivity index (χ4n) is 3.76. The maximum Gasteiger partial charge on any atom is 0.323 e. The highest BCUT2D eigenvalue weighted by atomic mass is 19.1. The lowest BCUT2D eigenvalue weighted by molar-refractivity contribution is 0.262. The van der Waals surface area contributed by atoms with Gasteiger partial charge in [-0.2, -0.15) is 10.1 Å². The van der Waals surface area contributed by atoms with Crippen molar-refractivity contribution >= 4 is 34.4 Å². The second kappa shape index (κ2) is 10.6. The molecule has 0 spiro atoms. The number of nitrogens with one attached hydrogen (secondary N) is 3. The first-order valence-corrected chi connectivity index (χ1v) is 12.1. The summed E-state index contributed by atoms with van der Waals surface area (Å²) in [5.41, 5.74) is 1.07. The number of carbonyl (C=O) groups excluding carboxylic acids is 1. The van der Waals surface area contributed by atoms with Crippen molar-refractivity contribution in [3.05, 3.63) is 59.0 Å². The van der Waals surface area contributed by atoms with Gasteiger partial charge in [-0.15, -0.1) is 0 Å². The van der Waals surface area contributed by atoms with Crippen LogP contribution in [0.3, 0.4) is 0 Å². The number of carbonyl (C=O) groups is 1. The first-order chi connectivity index (χ1) is 17.9. The van der Waals surface area contributed by atoms with Gasteiger partial charge in [0.2, 0.25) is 5.95 Å². The van der Waals surface area contributed by atoms with E-state index >= 15 is 0 Å². The maximum atomic E-state index is 14.6. The fourth-order valence-corrected chi connectivity index (χ4v) is 3.76. The number of aryl methyl sites for hydroxylation is 1. The second-order valence-electron chi connectivity index (χ2n) is 10.2. The van der Waals surface area contributed by atoms with Crippen LogP contribution in [0.15, 0.2) is 47.7 Å². The summed E-state index contributed by atoms with van der Waals surface area (Å²) in [6, 6.07) is 5.16. The minimum absolute atomic E-state index is 0.0675. The lowest BCUT2D eigenvalue weighted by atomic mass is 10.1. The smallest absolute Gasteiger partial charge is 0.323 e. The van der Waals surface area contributed by atoms with Gasteiger partial charge in [0.1, 0.15) is 11.5 Å². The van der Waals surface area contributed by atoms with Crippen LogP contribution < -0.4 is 21.5 Å². The van der Waals surface area contributed by atoms with Crippen molar-refractivity contribution in [3.63, 3.8) is 0 Å². The molecule has 0 bridgehead atoms. The Kier molecular flexibility index (Phi) is 7.44. The Balaban J connectivity index is 1.57. The monoisotopic (exact) mass is 521 g/mol. The average molecular weight is 522 g/mol. The van der Waals surface area contributed by atoms with E-state index in [4.69, 9.17) is 0 Å². The largest absolute Gasteiger partial charge is 0.353 e. The van der Waals surface area contributed by atoms with Crippen molar-refractivity contribution in [1.82, 2.24) is 29.2 Å². The molecule has 3 N–H and O–H groups in total. The number of hydrogen-bond donors (Lipinski definition) is 3. The molecule has 0 unspecified atom stereocenters. The van der Waals surface area contributed by atoms with Gasteiger partial charge in [-0.1, -0.05) is 6.07 Å². The molecule has 4 aromatic rings. The summed E-state index contributed by atoms with van der Waals surface area (Å²) in [5, 5.41) is 13.2. The summed E-state index contributed by atoms with van der Waals surface area (Å²) in [6.45, 7) is 7.41. The van der Waals surface area contributed by atoms with E-state index in [9.17, 15) is 14.0 Å². The second-order valence-corrected chi connectivity index (χ2v) is 10.2. The summed E-state index contributed by atoms with van der Waals surface area (Å²) in [5.74, 6) is -0.210. The van der Waals surface area contributed by atoms with Crippen molar-refractivity contribution in [1.29, 1.82) is 0 Å². The molecule has 0 saturated carbocycles. The lowest BCUT2D eigenvalue weighted by Crippen LogP contribution is -2.23. The number of likely N-dealkylation sites (N-methyl/N-ethyl adjacent to an activating group) is 1.